The van der Waals surface area contributed by atoms with E-state index in [0.717, 1.165) is 17.2 Å². The smallest absolute Gasteiger partial charge is 0.161 e. The Morgan fingerprint density at radius 2 is 1.44 bits per heavy atom. The van der Waals surface area contributed by atoms with E-state index in [1.807, 2.05) is 30.7 Å². The predicted molar refractivity (Wildman–Crippen MR) is 63.2 cm³/mol. The molecule has 0 heterocycles. The summed E-state index contributed by atoms with van der Waals surface area (Å²) in [5, 5.41) is 0. The minimum atomic E-state index is -1.17. The summed E-state index contributed by atoms with van der Waals surface area (Å²) in [6, 6.07) is 8.87. The van der Waals surface area contributed by atoms with E-state index in [4.69, 9.17) is 0 Å². The Balaban J connectivity index is 2.16. The van der Waals surface area contributed by atoms with E-state index >= 15 is 0 Å². The van der Waals surface area contributed by atoms with E-state index < -0.39 is 17.5 Å². The van der Waals surface area contributed by atoms with Gasteiger partial charge in [-0.3, -0.25) is 0 Å². The van der Waals surface area contributed by atoms with E-state index in [1.54, 1.807) is 6.08 Å². The minimum Gasteiger partial charge on any atom is -0.206 e. The molecule has 0 fully saturated rings. The zero-order chi connectivity index (χ0) is 12.7. The van der Waals surface area contributed by atoms with Crippen molar-refractivity contribution in [1.29, 1.82) is 0 Å². The van der Waals surface area contributed by atoms with Crippen molar-refractivity contribution in [1.82, 2.24) is 0 Å². The Hall–Kier alpha value is -2.03. The van der Waals surface area contributed by atoms with E-state index in [2.05, 4.69) is 0 Å². The van der Waals surface area contributed by atoms with Crippen LogP contribution in [-0.2, 0) is 0 Å². The van der Waals surface area contributed by atoms with Crippen LogP contribution in [-0.4, -0.2) is 0 Å². The number of fused-ring (bicyclic) bond motifs is 1. The summed E-state index contributed by atoms with van der Waals surface area (Å²) in [4.78, 5) is 0. The first kappa shape index (κ1) is 11.1. The molecule has 2 aromatic rings. The second-order valence-corrected chi connectivity index (χ2v) is 4.08. The van der Waals surface area contributed by atoms with Gasteiger partial charge in [0.15, 0.2) is 11.6 Å². The lowest BCUT2D eigenvalue weighted by atomic mass is 9.98. The molecule has 0 nitrogen and oxygen atoms in total. The maximum Gasteiger partial charge on any atom is 0.161 e. The van der Waals surface area contributed by atoms with Gasteiger partial charge in [0.1, 0.15) is 5.82 Å². The van der Waals surface area contributed by atoms with Crippen LogP contribution in [0.4, 0.5) is 13.2 Å². The van der Waals surface area contributed by atoms with Crippen molar-refractivity contribution in [2.45, 2.75) is 0 Å². The molecule has 89 valence electrons. The van der Waals surface area contributed by atoms with Crippen molar-refractivity contribution in [2.24, 2.45) is 0 Å². The summed E-state index contributed by atoms with van der Waals surface area (Å²) in [6.45, 7) is 0. The average Bonchev–Trinajstić information content (AvgIpc) is 2.78. The SMILES string of the molecule is Fc1cc(F)c(C2=C[CH]c3ccccc32)cc1F. The van der Waals surface area contributed by atoms with Gasteiger partial charge in [-0.25, -0.2) is 13.2 Å². The van der Waals surface area contributed by atoms with Crippen LogP contribution in [0.2, 0.25) is 0 Å². The van der Waals surface area contributed by atoms with Crippen molar-refractivity contribution >= 4 is 5.57 Å². The summed E-state index contributed by atoms with van der Waals surface area (Å²) < 4.78 is 39.8. The van der Waals surface area contributed by atoms with Crippen LogP contribution >= 0.6 is 0 Å². The highest BCUT2D eigenvalue weighted by Gasteiger charge is 2.19. The van der Waals surface area contributed by atoms with E-state index in [1.165, 1.54) is 0 Å². The number of rotatable bonds is 1. The molecule has 0 saturated carbocycles. The van der Waals surface area contributed by atoms with Crippen molar-refractivity contribution in [3.8, 4) is 0 Å². The van der Waals surface area contributed by atoms with Crippen molar-refractivity contribution in [2.75, 3.05) is 0 Å². The molecule has 0 bridgehead atoms. The Labute approximate surface area is 102 Å². The molecule has 1 aliphatic rings. The summed E-state index contributed by atoms with van der Waals surface area (Å²) in [5.41, 5.74) is 2.41. The van der Waals surface area contributed by atoms with E-state index in [-0.39, 0.29) is 5.56 Å². The van der Waals surface area contributed by atoms with E-state index in [0.29, 0.717) is 11.6 Å². The molecule has 0 N–H and O–H groups in total. The predicted octanol–water partition coefficient (Wildman–Crippen LogP) is 4.10. The Kier molecular flexibility index (Phi) is 2.47. The first-order valence-corrected chi connectivity index (χ1v) is 5.46. The van der Waals surface area contributed by atoms with Crippen LogP contribution in [0.1, 0.15) is 16.7 Å². The van der Waals surface area contributed by atoms with Crippen LogP contribution < -0.4 is 0 Å². The molecule has 0 amide bonds. The van der Waals surface area contributed by atoms with Crippen LogP contribution in [0.25, 0.3) is 5.57 Å². The van der Waals surface area contributed by atoms with Crippen LogP contribution in [0.3, 0.4) is 0 Å². The second kappa shape index (κ2) is 4.02. The van der Waals surface area contributed by atoms with Crippen molar-refractivity contribution < 1.29 is 13.2 Å². The summed E-state index contributed by atoms with van der Waals surface area (Å²) in [7, 11) is 0. The summed E-state index contributed by atoms with van der Waals surface area (Å²) in [6.07, 6.45) is 3.53. The highest BCUT2D eigenvalue weighted by Crippen LogP contribution is 2.35. The number of halogens is 3. The summed E-state index contributed by atoms with van der Waals surface area (Å²) in [5.74, 6) is -2.98. The lowest BCUT2D eigenvalue weighted by Gasteiger charge is -2.08. The highest BCUT2D eigenvalue weighted by atomic mass is 19.2. The molecule has 0 saturated heterocycles. The van der Waals surface area contributed by atoms with Crippen LogP contribution in [0.15, 0.2) is 42.5 Å². The van der Waals surface area contributed by atoms with Crippen molar-refractivity contribution in [3.63, 3.8) is 0 Å². The van der Waals surface area contributed by atoms with Crippen molar-refractivity contribution in [3.05, 3.63) is 83.0 Å². The molecule has 18 heavy (non-hydrogen) atoms. The van der Waals surface area contributed by atoms with Gasteiger partial charge in [0.25, 0.3) is 0 Å². The maximum absolute atomic E-state index is 13.7. The Morgan fingerprint density at radius 3 is 2.28 bits per heavy atom. The topological polar surface area (TPSA) is 0 Å². The van der Waals surface area contributed by atoms with Gasteiger partial charge in [0.2, 0.25) is 0 Å². The third-order valence-electron chi connectivity index (χ3n) is 2.98. The Morgan fingerprint density at radius 1 is 0.722 bits per heavy atom. The molecule has 0 aromatic heterocycles. The molecule has 1 aliphatic carbocycles. The van der Waals surface area contributed by atoms with Gasteiger partial charge in [-0.2, -0.15) is 0 Å². The van der Waals surface area contributed by atoms with Crippen LogP contribution in [0, 0.1) is 23.9 Å². The van der Waals surface area contributed by atoms with Gasteiger partial charge in [-0.1, -0.05) is 30.3 Å². The van der Waals surface area contributed by atoms with Gasteiger partial charge in [-0.15, -0.1) is 0 Å². The molecular formula is C15H8F3. The molecule has 3 heteroatoms. The fourth-order valence-corrected chi connectivity index (χ4v) is 2.11. The lowest BCUT2D eigenvalue weighted by Crippen LogP contribution is -1.95. The third kappa shape index (κ3) is 1.63. The molecule has 0 unspecified atom stereocenters. The first-order valence-electron chi connectivity index (χ1n) is 5.46. The summed E-state index contributed by atoms with van der Waals surface area (Å²) >= 11 is 0. The second-order valence-electron chi connectivity index (χ2n) is 4.08. The van der Waals surface area contributed by atoms with Gasteiger partial charge >= 0.3 is 0 Å². The number of hydrogen-bond acceptors (Lipinski definition) is 0. The number of benzene rings is 2. The fourth-order valence-electron chi connectivity index (χ4n) is 2.11. The molecule has 0 aliphatic heterocycles. The Bertz CT molecular complexity index is 657. The highest BCUT2D eigenvalue weighted by molar-refractivity contribution is 5.87. The average molecular weight is 245 g/mol. The quantitative estimate of drug-likeness (QED) is 0.663. The molecule has 0 atom stereocenters. The number of hydrogen-bond donors (Lipinski definition) is 0. The standard InChI is InChI=1S/C15H8F3/c16-13-8-15(18)14(17)7-12(13)11-6-5-9-3-1-2-4-10(9)11/h1-8H. The monoisotopic (exact) mass is 245 g/mol. The van der Waals surface area contributed by atoms with Gasteiger partial charge in [0.05, 0.1) is 0 Å². The zero-order valence-electron chi connectivity index (χ0n) is 9.25. The number of allylic oxidation sites excluding steroid dienone is 1. The molecule has 2 aromatic carbocycles. The fraction of sp³-hybridized carbons (Fsp3) is 0. The molecule has 0 spiro atoms. The molecule has 3 rings (SSSR count). The zero-order valence-corrected chi connectivity index (χ0v) is 9.25. The lowest BCUT2D eigenvalue weighted by molar-refractivity contribution is 0.494. The minimum absolute atomic E-state index is 0.0788. The van der Waals surface area contributed by atoms with Gasteiger partial charge < -0.3 is 0 Å². The molecule has 1 radical (unpaired) electrons. The van der Waals surface area contributed by atoms with Gasteiger partial charge in [0, 0.05) is 18.1 Å². The van der Waals surface area contributed by atoms with Gasteiger partial charge in [-0.05, 0) is 22.8 Å². The largest absolute Gasteiger partial charge is 0.206 e. The molecular weight excluding hydrogens is 237 g/mol. The third-order valence-corrected chi connectivity index (χ3v) is 2.98. The van der Waals surface area contributed by atoms with E-state index in [9.17, 15) is 13.2 Å². The van der Waals surface area contributed by atoms with Crippen LogP contribution in [0.5, 0.6) is 0 Å². The first-order chi connectivity index (χ1) is 8.66. The maximum atomic E-state index is 13.7. The normalized spacial score (nSPS) is 13.4.